The van der Waals surface area contributed by atoms with Crippen LogP contribution in [0.1, 0.15) is 0 Å². The number of fused-ring (bicyclic) bond motifs is 10. The molecule has 262 valence electrons. The van der Waals surface area contributed by atoms with Crippen molar-refractivity contribution in [1.29, 1.82) is 0 Å². The van der Waals surface area contributed by atoms with Crippen LogP contribution in [0.4, 0.5) is 17.1 Å². The van der Waals surface area contributed by atoms with Crippen molar-refractivity contribution in [2.24, 2.45) is 0 Å². The molecule has 0 spiro atoms. The summed E-state index contributed by atoms with van der Waals surface area (Å²) < 4.78 is 15.7. The Bertz CT molecular complexity index is 3490. The number of nitrogens with zero attached hydrogens (tertiary/aromatic N) is 1. The molecular weight excluding hydrogens is 703 g/mol. The van der Waals surface area contributed by atoms with Crippen molar-refractivity contribution in [3.63, 3.8) is 0 Å². The maximum Gasteiger partial charge on any atom is 0.143 e. The minimum atomic E-state index is 0.871. The van der Waals surface area contributed by atoms with E-state index in [4.69, 9.17) is 8.83 Å². The first-order chi connectivity index (χ1) is 27.8. The highest BCUT2D eigenvalue weighted by atomic mass is 32.1. The van der Waals surface area contributed by atoms with Gasteiger partial charge >= 0.3 is 0 Å². The fourth-order valence-corrected chi connectivity index (χ4v) is 9.96. The summed E-state index contributed by atoms with van der Waals surface area (Å²) in [6, 6.07) is 67.1. The topological polar surface area (TPSA) is 29.5 Å². The minimum Gasteiger partial charge on any atom is -0.455 e. The van der Waals surface area contributed by atoms with E-state index in [1.165, 1.54) is 36.5 Å². The number of anilines is 3. The van der Waals surface area contributed by atoms with Crippen LogP contribution in [0.5, 0.6) is 0 Å². The molecule has 12 aromatic rings. The summed E-state index contributed by atoms with van der Waals surface area (Å²) in [5.74, 6) is 0. The first-order valence-corrected chi connectivity index (χ1v) is 19.7. The molecule has 4 heteroatoms. The molecular formula is C52H31NO2S. The smallest absolute Gasteiger partial charge is 0.143 e. The lowest BCUT2D eigenvalue weighted by Crippen LogP contribution is -2.10. The van der Waals surface area contributed by atoms with Gasteiger partial charge in [-0.25, -0.2) is 0 Å². The average molecular weight is 734 g/mol. The molecule has 0 aliphatic carbocycles. The molecule has 0 N–H and O–H groups in total. The molecule has 0 amide bonds. The van der Waals surface area contributed by atoms with E-state index in [9.17, 15) is 0 Å². The van der Waals surface area contributed by atoms with Crippen LogP contribution in [0.15, 0.2) is 197 Å². The van der Waals surface area contributed by atoms with E-state index < -0.39 is 0 Å². The molecule has 56 heavy (non-hydrogen) atoms. The molecule has 3 nitrogen and oxygen atoms in total. The number of rotatable bonds is 5. The van der Waals surface area contributed by atoms with Gasteiger partial charge in [-0.1, -0.05) is 140 Å². The first kappa shape index (κ1) is 31.2. The molecule has 0 bridgehead atoms. The lowest BCUT2D eigenvalue weighted by atomic mass is 9.98. The molecule has 0 atom stereocenters. The molecule has 0 fully saturated rings. The Hall–Kier alpha value is -7.14. The largest absolute Gasteiger partial charge is 0.455 e. The van der Waals surface area contributed by atoms with Gasteiger partial charge in [0.05, 0.1) is 5.69 Å². The van der Waals surface area contributed by atoms with Crippen LogP contribution in [0.2, 0.25) is 0 Å². The Morgan fingerprint density at radius 2 is 1.02 bits per heavy atom. The van der Waals surface area contributed by atoms with Gasteiger partial charge in [0, 0.05) is 75.2 Å². The van der Waals surface area contributed by atoms with Gasteiger partial charge in [0.1, 0.15) is 22.3 Å². The second-order valence-electron chi connectivity index (χ2n) is 14.4. The highest BCUT2D eigenvalue weighted by Gasteiger charge is 2.20. The third-order valence-electron chi connectivity index (χ3n) is 11.3. The SMILES string of the molecule is c1ccc(N(c2ccc3c(c2)sc2c(-c4cccc5c4oc4ccc(-c6cccc7c6oc6ccccc67)cc45)cccc23)c2cccc3ccccc23)cc1. The maximum atomic E-state index is 6.75. The summed E-state index contributed by atoms with van der Waals surface area (Å²) in [6.45, 7) is 0. The van der Waals surface area contributed by atoms with Crippen LogP contribution in [0.25, 0.3) is 97.1 Å². The van der Waals surface area contributed by atoms with Crippen molar-refractivity contribution in [2.45, 2.75) is 0 Å². The number of hydrogen-bond acceptors (Lipinski definition) is 4. The second kappa shape index (κ2) is 12.2. The van der Waals surface area contributed by atoms with Gasteiger partial charge in [-0.2, -0.15) is 0 Å². The van der Waals surface area contributed by atoms with E-state index in [1.807, 2.05) is 23.5 Å². The summed E-state index contributed by atoms with van der Waals surface area (Å²) in [6.07, 6.45) is 0. The number of furan rings is 2. The summed E-state index contributed by atoms with van der Waals surface area (Å²) in [4.78, 5) is 2.38. The van der Waals surface area contributed by atoms with Crippen LogP contribution in [-0.2, 0) is 0 Å². The van der Waals surface area contributed by atoms with E-state index in [-0.39, 0.29) is 0 Å². The quantitative estimate of drug-likeness (QED) is 0.176. The zero-order valence-corrected chi connectivity index (χ0v) is 30.9. The fraction of sp³-hybridized carbons (Fsp3) is 0. The van der Waals surface area contributed by atoms with Crippen molar-refractivity contribution in [2.75, 3.05) is 4.90 Å². The lowest BCUT2D eigenvalue weighted by Gasteiger charge is -2.27. The number of benzene rings is 9. The third-order valence-corrected chi connectivity index (χ3v) is 12.5. The Morgan fingerprint density at radius 1 is 0.375 bits per heavy atom. The molecule has 12 rings (SSSR count). The van der Waals surface area contributed by atoms with Crippen molar-refractivity contribution < 1.29 is 8.83 Å². The van der Waals surface area contributed by atoms with Crippen molar-refractivity contribution in [3.8, 4) is 22.3 Å². The van der Waals surface area contributed by atoms with Crippen molar-refractivity contribution >= 4 is 103 Å². The van der Waals surface area contributed by atoms with Crippen LogP contribution < -0.4 is 4.90 Å². The van der Waals surface area contributed by atoms with E-state index in [1.54, 1.807) is 0 Å². The monoisotopic (exact) mass is 733 g/mol. The van der Waals surface area contributed by atoms with Crippen LogP contribution in [-0.4, -0.2) is 0 Å². The Morgan fingerprint density at radius 3 is 1.89 bits per heavy atom. The van der Waals surface area contributed by atoms with E-state index in [2.05, 4.69) is 181 Å². The molecule has 9 aromatic carbocycles. The van der Waals surface area contributed by atoms with Gasteiger partial charge in [-0.15, -0.1) is 11.3 Å². The summed E-state index contributed by atoms with van der Waals surface area (Å²) in [5.41, 5.74) is 11.4. The standard InChI is InChI=1S/C52H31NO2S/c1-2-14-34(15-3-1)53(46-24-8-13-32-12-4-5-16-36(32)46)35-27-28-39-43-22-11-23-44(52(43)56-49(39)31-35)41-20-10-21-42-45-30-33(26-29-48(45)55-51(41)42)37-18-9-19-40-38-17-6-7-25-47(38)54-50(37)40/h1-31H. The normalized spacial score (nSPS) is 11.9. The first-order valence-electron chi connectivity index (χ1n) is 18.9. The molecule has 0 radical (unpaired) electrons. The van der Waals surface area contributed by atoms with Gasteiger partial charge in [0.15, 0.2) is 0 Å². The predicted octanol–water partition coefficient (Wildman–Crippen LogP) is 15.8. The molecule has 0 saturated heterocycles. The lowest BCUT2D eigenvalue weighted by molar-refractivity contribution is 0.669. The molecule has 3 heterocycles. The van der Waals surface area contributed by atoms with Crippen LogP contribution in [0, 0.1) is 0 Å². The van der Waals surface area contributed by atoms with Gasteiger partial charge in [0.25, 0.3) is 0 Å². The summed E-state index contributed by atoms with van der Waals surface area (Å²) >= 11 is 1.85. The van der Waals surface area contributed by atoms with E-state index >= 15 is 0 Å². The summed E-state index contributed by atoms with van der Waals surface area (Å²) in [5, 5.41) is 9.40. The third kappa shape index (κ3) is 4.70. The minimum absolute atomic E-state index is 0.871. The van der Waals surface area contributed by atoms with Crippen molar-refractivity contribution in [1.82, 2.24) is 0 Å². The number of para-hydroxylation sites is 4. The Labute approximate surface area is 325 Å². The molecule has 0 aliphatic rings. The van der Waals surface area contributed by atoms with E-state index in [0.717, 1.165) is 77.6 Å². The van der Waals surface area contributed by atoms with Gasteiger partial charge in [-0.3, -0.25) is 0 Å². The van der Waals surface area contributed by atoms with Gasteiger partial charge in [0.2, 0.25) is 0 Å². The second-order valence-corrected chi connectivity index (χ2v) is 15.5. The molecule has 0 saturated carbocycles. The predicted molar refractivity (Wildman–Crippen MR) is 237 cm³/mol. The summed E-state index contributed by atoms with van der Waals surface area (Å²) in [7, 11) is 0. The maximum absolute atomic E-state index is 6.75. The number of hydrogen-bond donors (Lipinski definition) is 0. The zero-order chi connectivity index (χ0) is 36.7. The zero-order valence-electron chi connectivity index (χ0n) is 30.1. The van der Waals surface area contributed by atoms with Gasteiger partial charge in [-0.05, 0) is 59.5 Å². The molecule has 0 aliphatic heterocycles. The number of thiophene rings is 1. The fourth-order valence-electron chi connectivity index (χ4n) is 8.70. The molecule has 0 unspecified atom stereocenters. The van der Waals surface area contributed by atoms with E-state index in [0.29, 0.717) is 0 Å². The van der Waals surface area contributed by atoms with Crippen molar-refractivity contribution in [3.05, 3.63) is 188 Å². The van der Waals surface area contributed by atoms with Crippen LogP contribution in [0.3, 0.4) is 0 Å². The molecule has 3 aromatic heterocycles. The highest BCUT2D eigenvalue weighted by molar-refractivity contribution is 7.26. The van der Waals surface area contributed by atoms with Gasteiger partial charge < -0.3 is 13.7 Å². The Balaban J connectivity index is 1.00. The Kier molecular flexibility index (Phi) is 6.80. The van der Waals surface area contributed by atoms with Crippen LogP contribution >= 0.6 is 11.3 Å². The highest BCUT2D eigenvalue weighted by Crippen LogP contribution is 2.47. The average Bonchev–Trinajstić information content (AvgIpc) is 3.95.